The molecule has 4 nitrogen and oxygen atoms in total. The van der Waals surface area contributed by atoms with E-state index in [1.54, 1.807) is 13.1 Å². The van der Waals surface area contributed by atoms with Crippen molar-refractivity contribution in [2.75, 3.05) is 13.2 Å². The van der Waals surface area contributed by atoms with Gasteiger partial charge in [0.2, 0.25) is 0 Å². The van der Waals surface area contributed by atoms with Crippen molar-refractivity contribution in [1.29, 1.82) is 0 Å². The lowest BCUT2D eigenvalue weighted by Crippen LogP contribution is -2.13. The van der Waals surface area contributed by atoms with E-state index < -0.39 is 0 Å². The molecule has 1 aliphatic rings. The molecule has 0 N–H and O–H groups in total. The molecule has 4 heteroatoms. The largest absolute Gasteiger partial charge is 0.501 e. The number of hydrogen-bond donors (Lipinski definition) is 0. The maximum absolute atomic E-state index is 11.5. The molecular formula is C12H19NO3. The first-order valence-corrected chi connectivity index (χ1v) is 5.81. The summed E-state index contributed by atoms with van der Waals surface area (Å²) in [4.78, 5) is 15.4. The Kier molecular flexibility index (Phi) is 5.61. The fourth-order valence-corrected chi connectivity index (χ4v) is 1.24. The lowest BCUT2D eigenvalue weighted by atomic mass is 10.2. The van der Waals surface area contributed by atoms with Crippen LogP contribution >= 0.6 is 0 Å². The molecule has 1 unspecified atom stereocenters. The summed E-state index contributed by atoms with van der Waals surface area (Å²) in [7, 11) is 0. The van der Waals surface area contributed by atoms with Crippen molar-refractivity contribution in [3.63, 3.8) is 0 Å². The molecule has 16 heavy (non-hydrogen) atoms. The van der Waals surface area contributed by atoms with Crippen molar-refractivity contribution in [3.8, 4) is 0 Å². The Labute approximate surface area is 96.3 Å². The minimum absolute atomic E-state index is 0.120. The lowest BCUT2D eigenvalue weighted by Gasteiger charge is -2.05. The van der Waals surface area contributed by atoms with E-state index in [0.29, 0.717) is 18.8 Å². The summed E-state index contributed by atoms with van der Waals surface area (Å²) in [6.45, 7) is 4.94. The van der Waals surface area contributed by atoms with Gasteiger partial charge in [0.15, 0.2) is 0 Å². The number of unbranched alkanes of at least 4 members (excludes halogenated alkanes) is 2. The fraction of sp³-hybridized carbons (Fsp3) is 0.667. The molecule has 0 saturated carbocycles. The summed E-state index contributed by atoms with van der Waals surface area (Å²) < 4.78 is 10.2. The minimum Gasteiger partial charge on any atom is -0.501 e. The first-order chi connectivity index (χ1) is 7.79. The predicted octanol–water partition coefficient (Wildman–Crippen LogP) is 2.09. The minimum atomic E-state index is -0.333. The molecule has 0 bridgehead atoms. The Morgan fingerprint density at radius 3 is 2.75 bits per heavy atom. The lowest BCUT2D eigenvalue weighted by molar-refractivity contribution is -0.138. The van der Waals surface area contributed by atoms with Crippen molar-refractivity contribution < 1.29 is 14.3 Å². The Morgan fingerprint density at radius 2 is 2.19 bits per heavy atom. The van der Waals surface area contributed by atoms with Crippen LogP contribution in [0.2, 0.25) is 0 Å². The van der Waals surface area contributed by atoms with Crippen molar-refractivity contribution in [1.82, 2.24) is 0 Å². The van der Waals surface area contributed by atoms with Gasteiger partial charge in [-0.1, -0.05) is 19.8 Å². The molecule has 1 atom stereocenters. The van der Waals surface area contributed by atoms with Crippen LogP contribution in [0, 0.1) is 0 Å². The van der Waals surface area contributed by atoms with Gasteiger partial charge in [0.1, 0.15) is 11.6 Å². The molecule has 1 heterocycles. The first-order valence-electron chi connectivity index (χ1n) is 5.81. The third kappa shape index (κ3) is 4.47. The van der Waals surface area contributed by atoms with Crippen molar-refractivity contribution >= 4 is 12.2 Å². The Morgan fingerprint density at radius 1 is 1.44 bits per heavy atom. The number of rotatable bonds is 8. The van der Waals surface area contributed by atoms with Crippen molar-refractivity contribution in [2.24, 2.45) is 4.99 Å². The molecule has 0 aromatic rings. The normalized spacial score (nSPS) is 18.4. The number of ether oxygens (including phenoxy) is 2. The average molecular weight is 225 g/mol. The standard InChI is InChI=1S/C12H19NO3/c1-3-5-6-7-15-9-10(11-8-13-11)12(14)16-4-2/h8-9,11H,3-7H2,1-2H3/b10-9+. The highest BCUT2D eigenvalue weighted by Gasteiger charge is 2.26. The predicted molar refractivity (Wildman–Crippen MR) is 62.5 cm³/mol. The summed E-state index contributed by atoms with van der Waals surface area (Å²) in [5.74, 6) is -0.333. The molecular weight excluding hydrogens is 206 g/mol. The Hall–Kier alpha value is -1.32. The molecule has 0 aromatic carbocycles. The van der Waals surface area contributed by atoms with E-state index in [2.05, 4.69) is 11.9 Å². The van der Waals surface area contributed by atoms with Crippen LogP contribution in [-0.4, -0.2) is 31.4 Å². The average Bonchev–Trinajstić information content (AvgIpc) is 3.07. The second-order valence-corrected chi connectivity index (χ2v) is 3.61. The van der Waals surface area contributed by atoms with Crippen LogP contribution in [0.25, 0.3) is 0 Å². The maximum atomic E-state index is 11.5. The maximum Gasteiger partial charge on any atom is 0.339 e. The molecule has 1 rings (SSSR count). The summed E-state index contributed by atoms with van der Waals surface area (Å²) in [5, 5.41) is 0. The zero-order chi connectivity index (χ0) is 11.8. The smallest absolute Gasteiger partial charge is 0.339 e. The molecule has 0 radical (unpaired) electrons. The van der Waals surface area contributed by atoms with E-state index in [4.69, 9.17) is 9.47 Å². The third-order valence-corrected chi connectivity index (χ3v) is 2.20. The zero-order valence-corrected chi connectivity index (χ0v) is 9.94. The highest BCUT2D eigenvalue weighted by atomic mass is 16.5. The Balaban J connectivity index is 2.31. The molecule has 0 saturated heterocycles. The van der Waals surface area contributed by atoms with Crippen LogP contribution in [0.1, 0.15) is 33.1 Å². The van der Waals surface area contributed by atoms with E-state index >= 15 is 0 Å². The molecule has 0 spiro atoms. The third-order valence-electron chi connectivity index (χ3n) is 2.20. The van der Waals surface area contributed by atoms with Crippen LogP contribution in [0.3, 0.4) is 0 Å². The quantitative estimate of drug-likeness (QED) is 0.275. The number of aliphatic imine (C=N–C) groups is 1. The van der Waals surface area contributed by atoms with Gasteiger partial charge < -0.3 is 9.47 Å². The first kappa shape index (κ1) is 12.7. The highest BCUT2D eigenvalue weighted by Crippen LogP contribution is 2.16. The highest BCUT2D eigenvalue weighted by molar-refractivity contribution is 5.99. The van der Waals surface area contributed by atoms with Gasteiger partial charge in [-0.25, -0.2) is 4.79 Å². The van der Waals surface area contributed by atoms with E-state index in [1.807, 2.05) is 0 Å². The van der Waals surface area contributed by atoms with Crippen LogP contribution in [-0.2, 0) is 14.3 Å². The summed E-state index contributed by atoms with van der Waals surface area (Å²) in [6.07, 6.45) is 6.50. The van der Waals surface area contributed by atoms with Gasteiger partial charge in [-0.3, -0.25) is 4.99 Å². The topological polar surface area (TPSA) is 47.9 Å². The van der Waals surface area contributed by atoms with Gasteiger partial charge in [-0.05, 0) is 13.3 Å². The van der Waals surface area contributed by atoms with E-state index in [9.17, 15) is 4.79 Å². The molecule has 1 aliphatic heterocycles. The van der Waals surface area contributed by atoms with Gasteiger partial charge in [0.25, 0.3) is 0 Å². The molecule has 0 aliphatic carbocycles. The molecule has 0 aromatic heterocycles. The monoisotopic (exact) mass is 225 g/mol. The zero-order valence-electron chi connectivity index (χ0n) is 9.94. The van der Waals surface area contributed by atoms with Crippen LogP contribution in [0.15, 0.2) is 16.8 Å². The van der Waals surface area contributed by atoms with Crippen molar-refractivity contribution in [2.45, 2.75) is 39.2 Å². The molecule has 90 valence electrons. The van der Waals surface area contributed by atoms with Crippen LogP contribution < -0.4 is 0 Å². The second-order valence-electron chi connectivity index (χ2n) is 3.61. The number of carbonyl (C=O) groups is 1. The fourth-order valence-electron chi connectivity index (χ4n) is 1.24. The second kappa shape index (κ2) is 7.04. The van der Waals surface area contributed by atoms with Gasteiger partial charge in [-0.2, -0.15) is 0 Å². The van der Waals surface area contributed by atoms with Crippen LogP contribution in [0.4, 0.5) is 0 Å². The number of hydrogen-bond acceptors (Lipinski definition) is 4. The van der Waals surface area contributed by atoms with Gasteiger partial charge >= 0.3 is 5.97 Å². The summed E-state index contributed by atoms with van der Waals surface area (Å²) in [5.41, 5.74) is 0.498. The molecule has 0 fully saturated rings. The molecule has 0 amide bonds. The van der Waals surface area contributed by atoms with Gasteiger partial charge in [0.05, 0.1) is 19.5 Å². The van der Waals surface area contributed by atoms with Crippen molar-refractivity contribution in [3.05, 3.63) is 11.8 Å². The van der Waals surface area contributed by atoms with Gasteiger partial charge in [0, 0.05) is 6.21 Å². The number of carbonyl (C=O) groups excluding carboxylic acids is 1. The van der Waals surface area contributed by atoms with Gasteiger partial charge in [-0.15, -0.1) is 0 Å². The van der Waals surface area contributed by atoms with E-state index in [1.165, 1.54) is 6.26 Å². The summed E-state index contributed by atoms with van der Waals surface area (Å²) in [6, 6.07) is -0.120. The summed E-state index contributed by atoms with van der Waals surface area (Å²) >= 11 is 0. The number of esters is 1. The van der Waals surface area contributed by atoms with E-state index in [0.717, 1.165) is 19.3 Å². The Bertz CT molecular complexity index is 278. The van der Waals surface area contributed by atoms with E-state index in [-0.39, 0.29) is 12.0 Å². The SMILES string of the molecule is CCCCCO/C=C(/C(=O)OCC)C1C=N1. The number of nitrogens with zero attached hydrogens (tertiary/aromatic N) is 1. The van der Waals surface area contributed by atoms with Crippen LogP contribution in [0.5, 0.6) is 0 Å².